The number of aromatic nitrogens is 3. The minimum Gasteiger partial charge on any atom is -0.359 e. The van der Waals surface area contributed by atoms with Crippen LogP contribution in [0.3, 0.4) is 0 Å². The Kier molecular flexibility index (Phi) is 2.52. The van der Waals surface area contributed by atoms with E-state index >= 15 is 0 Å². The van der Waals surface area contributed by atoms with Crippen molar-refractivity contribution in [2.75, 3.05) is 0 Å². The number of aromatic amines is 1. The molecule has 0 radical (unpaired) electrons. The van der Waals surface area contributed by atoms with Crippen molar-refractivity contribution in [3.05, 3.63) is 60.0 Å². The Labute approximate surface area is 106 Å². The number of H-pyrrole nitrogens is 1. The zero-order valence-corrected chi connectivity index (χ0v) is 10.5. The van der Waals surface area contributed by atoms with Crippen LogP contribution in [0.2, 0.25) is 0 Å². The fourth-order valence-electron chi connectivity index (χ4n) is 2.18. The van der Waals surface area contributed by atoms with E-state index in [-0.39, 0.29) is 0 Å². The van der Waals surface area contributed by atoms with Gasteiger partial charge in [-0.2, -0.15) is 5.10 Å². The summed E-state index contributed by atoms with van der Waals surface area (Å²) in [4.78, 5) is 3.30. The zero-order valence-electron chi connectivity index (χ0n) is 10.5. The van der Waals surface area contributed by atoms with E-state index in [1.807, 2.05) is 36.0 Å². The van der Waals surface area contributed by atoms with Crippen LogP contribution in [0.15, 0.2) is 48.7 Å². The summed E-state index contributed by atoms with van der Waals surface area (Å²) in [6.07, 6.45) is 1.99. The fraction of sp³-hybridized carbons (Fsp3) is 0.133. The highest BCUT2D eigenvalue weighted by atomic mass is 15.3. The van der Waals surface area contributed by atoms with Crippen LogP contribution in [0.1, 0.15) is 11.4 Å². The highest BCUT2D eigenvalue weighted by molar-refractivity contribution is 5.62. The molecule has 0 saturated heterocycles. The number of benzene rings is 1. The number of hydrogen-bond acceptors (Lipinski definition) is 1. The van der Waals surface area contributed by atoms with Crippen LogP contribution in [0.4, 0.5) is 0 Å². The third-order valence-corrected chi connectivity index (χ3v) is 3.01. The first kappa shape index (κ1) is 10.8. The van der Waals surface area contributed by atoms with E-state index in [0.717, 1.165) is 22.8 Å². The van der Waals surface area contributed by atoms with E-state index in [2.05, 4.69) is 41.3 Å². The molecule has 0 atom stereocenters. The van der Waals surface area contributed by atoms with Crippen LogP contribution in [-0.4, -0.2) is 14.8 Å². The van der Waals surface area contributed by atoms with Crippen LogP contribution in [0.25, 0.3) is 16.9 Å². The molecule has 0 unspecified atom stereocenters. The topological polar surface area (TPSA) is 33.6 Å². The van der Waals surface area contributed by atoms with Gasteiger partial charge in [-0.15, -0.1) is 0 Å². The molecule has 0 aliphatic heterocycles. The fourth-order valence-corrected chi connectivity index (χ4v) is 2.18. The first-order valence-corrected chi connectivity index (χ1v) is 6.01. The maximum atomic E-state index is 4.48. The molecular formula is C15H15N3. The quantitative estimate of drug-likeness (QED) is 0.727. The van der Waals surface area contributed by atoms with Crippen molar-refractivity contribution in [3.8, 4) is 16.9 Å². The van der Waals surface area contributed by atoms with Gasteiger partial charge in [0.1, 0.15) is 0 Å². The Morgan fingerprint density at radius 2 is 1.83 bits per heavy atom. The first-order valence-electron chi connectivity index (χ1n) is 6.01. The summed E-state index contributed by atoms with van der Waals surface area (Å²) < 4.78 is 1.96. The molecule has 90 valence electrons. The molecule has 1 N–H and O–H groups in total. The molecule has 18 heavy (non-hydrogen) atoms. The molecule has 0 bridgehead atoms. The van der Waals surface area contributed by atoms with Crippen molar-refractivity contribution in [2.24, 2.45) is 0 Å². The molecule has 2 aromatic heterocycles. The molecule has 1 aromatic carbocycles. The van der Waals surface area contributed by atoms with Gasteiger partial charge < -0.3 is 4.98 Å². The van der Waals surface area contributed by atoms with Gasteiger partial charge in [-0.05, 0) is 31.5 Å². The lowest BCUT2D eigenvalue weighted by Crippen LogP contribution is -1.96. The summed E-state index contributed by atoms with van der Waals surface area (Å²) in [7, 11) is 0. The summed E-state index contributed by atoms with van der Waals surface area (Å²) in [6.45, 7) is 4.07. The monoisotopic (exact) mass is 237 g/mol. The van der Waals surface area contributed by atoms with Crippen LogP contribution in [-0.2, 0) is 0 Å². The van der Waals surface area contributed by atoms with Gasteiger partial charge in [-0.1, -0.05) is 30.3 Å². The molecule has 3 aromatic rings. The van der Waals surface area contributed by atoms with E-state index in [1.165, 1.54) is 5.56 Å². The average Bonchev–Trinajstić information content (AvgIpc) is 2.97. The second-order valence-corrected chi connectivity index (χ2v) is 4.48. The number of rotatable bonds is 2. The number of hydrogen-bond donors (Lipinski definition) is 1. The second-order valence-electron chi connectivity index (χ2n) is 4.48. The molecule has 3 heteroatoms. The largest absolute Gasteiger partial charge is 0.359 e. The Hall–Kier alpha value is -2.29. The summed E-state index contributed by atoms with van der Waals surface area (Å²) in [5.41, 5.74) is 5.55. The standard InChI is InChI=1S/C15H15N3/c1-11-8-12(2)18(17-11)14-9-15(16-10-14)13-6-4-3-5-7-13/h3-10,16H,1-2H3. The molecule has 0 spiro atoms. The Morgan fingerprint density at radius 3 is 2.50 bits per heavy atom. The van der Waals surface area contributed by atoms with Gasteiger partial charge >= 0.3 is 0 Å². The summed E-state index contributed by atoms with van der Waals surface area (Å²) in [5.74, 6) is 0. The lowest BCUT2D eigenvalue weighted by atomic mass is 10.1. The predicted octanol–water partition coefficient (Wildman–Crippen LogP) is 3.48. The number of aryl methyl sites for hydroxylation is 2. The molecule has 2 heterocycles. The van der Waals surface area contributed by atoms with E-state index in [1.54, 1.807) is 0 Å². The molecule has 3 nitrogen and oxygen atoms in total. The maximum absolute atomic E-state index is 4.48. The Balaban J connectivity index is 2.02. The van der Waals surface area contributed by atoms with Crippen molar-refractivity contribution in [1.29, 1.82) is 0 Å². The first-order chi connectivity index (χ1) is 8.74. The molecule has 0 amide bonds. The SMILES string of the molecule is Cc1cc(C)n(-c2c[nH]c(-c3ccccc3)c2)n1. The Bertz CT molecular complexity index is 662. The van der Waals surface area contributed by atoms with Gasteiger partial charge in [0.15, 0.2) is 0 Å². The molecule has 0 fully saturated rings. The summed E-state index contributed by atoms with van der Waals surface area (Å²) >= 11 is 0. The van der Waals surface area contributed by atoms with Crippen molar-refractivity contribution in [3.63, 3.8) is 0 Å². The van der Waals surface area contributed by atoms with Crippen LogP contribution in [0, 0.1) is 13.8 Å². The van der Waals surface area contributed by atoms with Crippen LogP contribution >= 0.6 is 0 Å². The van der Waals surface area contributed by atoms with Gasteiger partial charge in [0.2, 0.25) is 0 Å². The van der Waals surface area contributed by atoms with Gasteiger partial charge in [0.25, 0.3) is 0 Å². The Morgan fingerprint density at radius 1 is 1.06 bits per heavy atom. The van der Waals surface area contributed by atoms with E-state index in [9.17, 15) is 0 Å². The van der Waals surface area contributed by atoms with Gasteiger partial charge in [0, 0.05) is 17.6 Å². The zero-order chi connectivity index (χ0) is 12.5. The van der Waals surface area contributed by atoms with Gasteiger partial charge in [0.05, 0.1) is 11.4 Å². The minimum absolute atomic E-state index is 1.04. The van der Waals surface area contributed by atoms with Crippen molar-refractivity contribution < 1.29 is 0 Å². The van der Waals surface area contributed by atoms with Gasteiger partial charge in [-0.25, -0.2) is 4.68 Å². The molecular weight excluding hydrogens is 222 g/mol. The number of nitrogens with one attached hydrogen (secondary N) is 1. The smallest absolute Gasteiger partial charge is 0.0829 e. The molecule has 0 saturated carbocycles. The lowest BCUT2D eigenvalue weighted by molar-refractivity contribution is 0.835. The third-order valence-electron chi connectivity index (χ3n) is 3.01. The van der Waals surface area contributed by atoms with E-state index < -0.39 is 0 Å². The lowest BCUT2D eigenvalue weighted by Gasteiger charge is -1.99. The van der Waals surface area contributed by atoms with Crippen molar-refractivity contribution in [1.82, 2.24) is 14.8 Å². The van der Waals surface area contributed by atoms with Gasteiger partial charge in [-0.3, -0.25) is 0 Å². The van der Waals surface area contributed by atoms with E-state index in [4.69, 9.17) is 0 Å². The maximum Gasteiger partial charge on any atom is 0.0829 e. The third kappa shape index (κ3) is 1.84. The highest BCUT2D eigenvalue weighted by Crippen LogP contribution is 2.21. The van der Waals surface area contributed by atoms with Crippen LogP contribution < -0.4 is 0 Å². The highest BCUT2D eigenvalue weighted by Gasteiger charge is 2.06. The predicted molar refractivity (Wildman–Crippen MR) is 72.8 cm³/mol. The van der Waals surface area contributed by atoms with E-state index in [0.29, 0.717) is 0 Å². The average molecular weight is 237 g/mol. The molecule has 3 rings (SSSR count). The minimum atomic E-state index is 1.04. The molecule has 0 aliphatic rings. The molecule has 0 aliphatic carbocycles. The number of nitrogens with zero attached hydrogens (tertiary/aromatic N) is 2. The second kappa shape index (κ2) is 4.18. The normalized spacial score (nSPS) is 10.8. The van der Waals surface area contributed by atoms with Crippen LogP contribution in [0.5, 0.6) is 0 Å². The van der Waals surface area contributed by atoms with Crippen molar-refractivity contribution in [2.45, 2.75) is 13.8 Å². The summed E-state index contributed by atoms with van der Waals surface area (Å²) in [6, 6.07) is 14.5. The van der Waals surface area contributed by atoms with Crippen molar-refractivity contribution >= 4 is 0 Å². The summed E-state index contributed by atoms with van der Waals surface area (Å²) in [5, 5.41) is 4.48.